The number of carbonyl (C=O) groups excluding carboxylic acids is 1. The number of ether oxygens (including phenoxy) is 1. The van der Waals surface area contributed by atoms with Crippen molar-refractivity contribution < 1.29 is 22.7 Å². The molecule has 4 fully saturated rings. The second-order valence-electron chi connectivity index (χ2n) is 13.3. The first-order valence-corrected chi connectivity index (χ1v) is 17.5. The van der Waals surface area contributed by atoms with E-state index in [9.17, 15) is 9.18 Å². The fourth-order valence-electron chi connectivity index (χ4n) is 8.53. The Labute approximate surface area is 284 Å². The van der Waals surface area contributed by atoms with E-state index in [1.54, 1.807) is 19.3 Å². The highest BCUT2D eigenvalue weighted by Crippen LogP contribution is 2.47. The number of halogens is 2. The Morgan fingerprint density at radius 1 is 1.10 bits per heavy atom. The van der Waals surface area contributed by atoms with Crippen molar-refractivity contribution in [2.75, 3.05) is 43.4 Å². The van der Waals surface area contributed by atoms with Crippen molar-refractivity contribution in [1.82, 2.24) is 24.8 Å². The minimum atomic E-state index is -0.610. The normalized spacial score (nSPS) is 21.1. The number of benzene rings is 2. The van der Waals surface area contributed by atoms with Crippen LogP contribution in [0.5, 0.6) is 6.01 Å². The number of anilines is 2. The second-order valence-corrected chi connectivity index (χ2v) is 14.4. The van der Waals surface area contributed by atoms with Gasteiger partial charge < -0.3 is 24.7 Å². The Morgan fingerprint density at radius 3 is 2.71 bits per heavy atom. The van der Waals surface area contributed by atoms with E-state index < -0.39 is 11.6 Å². The van der Waals surface area contributed by atoms with Gasteiger partial charge in [0.15, 0.2) is 10.9 Å². The van der Waals surface area contributed by atoms with Gasteiger partial charge in [-0.15, -0.1) is 0 Å². The molecule has 10 nitrogen and oxygen atoms in total. The highest BCUT2D eigenvalue weighted by Gasteiger charge is 2.50. The van der Waals surface area contributed by atoms with Crippen molar-refractivity contribution >= 4 is 49.3 Å². The Balaban J connectivity index is 1.22. The molecule has 3 aromatic heterocycles. The number of aromatic nitrogens is 3. The van der Waals surface area contributed by atoms with Crippen LogP contribution >= 0.6 is 11.3 Å². The first-order valence-electron chi connectivity index (χ1n) is 16.6. The van der Waals surface area contributed by atoms with E-state index in [-0.39, 0.29) is 56.0 Å². The number of rotatable bonds is 6. The summed E-state index contributed by atoms with van der Waals surface area (Å²) < 4.78 is 44.5. The van der Waals surface area contributed by atoms with Gasteiger partial charge in [-0.05, 0) is 87.9 Å². The smallest absolute Gasteiger partial charge is 0.319 e. The van der Waals surface area contributed by atoms with E-state index in [0.717, 1.165) is 56.5 Å². The van der Waals surface area contributed by atoms with E-state index in [2.05, 4.69) is 26.6 Å². The Hall–Kier alpha value is -4.80. The average Bonchev–Trinajstić information content (AvgIpc) is 3.91. The lowest BCUT2D eigenvalue weighted by Crippen LogP contribution is -2.63. The van der Waals surface area contributed by atoms with Gasteiger partial charge in [-0.3, -0.25) is 9.69 Å². The molecule has 4 aliphatic rings. The molecule has 4 aliphatic heterocycles. The van der Waals surface area contributed by atoms with Crippen LogP contribution in [0.3, 0.4) is 0 Å². The molecule has 2 atom stereocenters. The predicted octanol–water partition coefficient (Wildman–Crippen LogP) is 5.85. The molecule has 0 saturated carbocycles. The highest BCUT2D eigenvalue weighted by molar-refractivity contribution is 7.22. The molecule has 0 bridgehead atoms. The fraction of sp³-hybridized carbons (Fsp3) is 0.389. The molecule has 9 rings (SSSR count). The lowest BCUT2D eigenvalue weighted by molar-refractivity contribution is -0.126. The van der Waals surface area contributed by atoms with Gasteiger partial charge in [-0.25, -0.2) is 13.8 Å². The Morgan fingerprint density at radius 2 is 1.94 bits per heavy atom. The summed E-state index contributed by atoms with van der Waals surface area (Å²) in [6.45, 7) is 5.27. The van der Waals surface area contributed by atoms with E-state index in [4.69, 9.17) is 24.9 Å². The number of carbonyl (C=O) groups is 1. The maximum absolute atomic E-state index is 17.4. The summed E-state index contributed by atoms with van der Waals surface area (Å²) in [5.74, 6) is 4.66. The minimum Gasteiger partial charge on any atom is -0.472 e. The van der Waals surface area contributed by atoms with Crippen molar-refractivity contribution in [2.24, 2.45) is 0 Å². The maximum atomic E-state index is 17.4. The third kappa shape index (κ3) is 4.68. The van der Waals surface area contributed by atoms with Gasteiger partial charge in [-0.2, -0.15) is 9.97 Å². The largest absolute Gasteiger partial charge is 0.472 e. The molecule has 2 N–H and O–H groups in total. The van der Waals surface area contributed by atoms with Gasteiger partial charge in [0.2, 0.25) is 0 Å². The number of amides is 1. The third-order valence-corrected chi connectivity index (χ3v) is 11.7. The van der Waals surface area contributed by atoms with Gasteiger partial charge in [0, 0.05) is 35.2 Å². The minimum absolute atomic E-state index is 0.0119. The Kier molecular flexibility index (Phi) is 7.03. The number of likely N-dealkylation sites (tertiary alicyclic amines) is 1. The number of nitrogen functional groups attached to an aromatic ring is 1. The van der Waals surface area contributed by atoms with Gasteiger partial charge in [-0.1, -0.05) is 17.3 Å². The summed E-state index contributed by atoms with van der Waals surface area (Å²) in [6.07, 6.45) is 8.11. The summed E-state index contributed by atoms with van der Waals surface area (Å²) in [5.41, 5.74) is 8.05. The topological polar surface area (TPSA) is 114 Å². The molecule has 0 aliphatic carbocycles. The molecular weight excluding hydrogens is 649 g/mol. The van der Waals surface area contributed by atoms with Crippen molar-refractivity contribution in [1.29, 1.82) is 0 Å². The molecule has 7 heterocycles. The van der Waals surface area contributed by atoms with E-state index in [1.807, 2.05) is 11.0 Å². The molecule has 49 heavy (non-hydrogen) atoms. The van der Waals surface area contributed by atoms with E-state index in [1.165, 1.54) is 18.4 Å². The van der Waals surface area contributed by atoms with Gasteiger partial charge in [0.1, 0.15) is 23.8 Å². The van der Waals surface area contributed by atoms with Gasteiger partial charge in [0.25, 0.3) is 5.91 Å². The molecular formula is C36H33F2N7O3S. The third-order valence-electron chi connectivity index (χ3n) is 10.8. The molecule has 0 spiro atoms. The number of hydrogen-bond donors (Lipinski definition) is 1. The zero-order valence-corrected chi connectivity index (χ0v) is 27.7. The van der Waals surface area contributed by atoms with Crippen molar-refractivity contribution in [3.8, 4) is 40.1 Å². The van der Waals surface area contributed by atoms with Crippen molar-refractivity contribution in [3.63, 3.8) is 0 Å². The van der Waals surface area contributed by atoms with Crippen LogP contribution in [-0.2, 0) is 4.79 Å². The maximum Gasteiger partial charge on any atom is 0.319 e. The zero-order valence-electron chi connectivity index (χ0n) is 26.8. The van der Waals surface area contributed by atoms with Crippen LogP contribution < -0.4 is 15.4 Å². The number of nitrogens with two attached hydrogens (primary N) is 1. The highest BCUT2D eigenvalue weighted by atomic mass is 32.1. The first-order chi connectivity index (χ1) is 23.8. The zero-order chi connectivity index (χ0) is 33.4. The second kappa shape index (κ2) is 11.4. The molecule has 2 unspecified atom stereocenters. The van der Waals surface area contributed by atoms with Gasteiger partial charge in [0.05, 0.1) is 40.4 Å². The molecule has 5 aromatic rings. The number of thiazole rings is 1. The number of furan rings is 1. The van der Waals surface area contributed by atoms with Crippen molar-refractivity contribution in [2.45, 2.75) is 56.7 Å². The van der Waals surface area contributed by atoms with E-state index >= 15 is 4.39 Å². The monoisotopic (exact) mass is 681 g/mol. The molecule has 250 valence electrons. The first kappa shape index (κ1) is 30.3. The molecule has 13 heteroatoms. The Bertz CT molecular complexity index is 2200. The summed E-state index contributed by atoms with van der Waals surface area (Å²) in [7, 11) is 0. The van der Waals surface area contributed by atoms with Crippen LogP contribution in [-0.4, -0.2) is 81.1 Å². The summed E-state index contributed by atoms with van der Waals surface area (Å²) in [6, 6.07) is 6.52. The quantitative estimate of drug-likeness (QED) is 0.221. The molecule has 0 radical (unpaired) electrons. The molecule has 1 amide bonds. The van der Waals surface area contributed by atoms with Gasteiger partial charge >= 0.3 is 6.01 Å². The van der Waals surface area contributed by atoms with Crippen LogP contribution in [0.1, 0.15) is 39.0 Å². The average molecular weight is 682 g/mol. The SMILES string of the molecule is CC#CC(=O)N1CCC2C1CN2c1nc(OCC23CCCN2CCC3)nc2c(F)c(-c3ccc(F)c4sc(N)nc34)c(-c3ccoc3)cc12. The van der Waals surface area contributed by atoms with E-state index in [0.29, 0.717) is 47.6 Å². The predicted molar refractivity (Wildman–Crippen MR) is 183 cm³/mol. The van der Waals surface area contributed by atoms with Crippen LogP contribution in [0.2, 0.25) is 0 Å². The summed E-state index contributed by atoms with van der Waals surface area (Å²) in [4.78, 5) is 33.3. The van der Waals surface area contributed by atoms with Crippen molar-refractivity contribution in [3.05, 3.63) is 48.4 Å². The number of fused-ring (bicyclic) bond motifs is 4. The lowest BCUT2D eigenvalue weighted by Gasteiger charge is -2.47. The molecule has 4 saturated heterocycles. The fourth-order valence-corrected chi connectivity index (χ4v) is 9.30. The van der Waals surface area contributed by atoms with Crippen LogP contribution in [0, 0.1) is 23.5 Å². The summed E-state index contributed by atoms with van der Waals surface area (Å²) in [5, 5.41) is 0.681. The number of nitrogens with zero attached hydrogens (tertiary/aromatic N) is 6. The molecule has 2 aromatic carbocycles. The van der Waals surface area contributed by atoms with Crippen LogP contribution in [0.25, 0.3) is 43.4 Å². The summed E-state index contributed by atoms with van der Waals surface area (Å²) >= 11 is 1.02. The lowest BCUT2D eigenvalue weighted by atomic mass is 9.91. The number of hydrogen-bond acceptors (Lipinski definition) is 10. The standard InChI is InChI=1S/C36H33F2N7O3S/c1-2-5-27(46)44-14-8-25-26(44)17-45(25)33-23-16-22(20-9-15-47-18-20)28(21-6-7-24(37)32-31(21)40-34(39)49-32)29(38)30(23)41-35(42-33)48-19-36-10-3-12-43(36)13-4-11-36/h6-7,9,15-16,18,25-26H,3-4,8,10-14,17,19H2,1H3,(H2,39,40). The van der Waals surface area contributed by atoms with Crippen LogP contribution in [0.4, 0.5) is 19.7 Å². The van der Waals surface area contributed by atoms with Crippen LogP contribution in [0.15, 0.2) is 41.2 Å².